The Hall–Kier alpha value is -4.97. The average Bonchev–Trinajstić information content (AvgIpc) is 3.92. The standard InChI is InChI=1S/C36H44N8O4/c1-4-38-21-31(45)43-17-5-7-29(43)33-39-19-27(41-33)25-13-9-23(10-14-25)24-11-15-26(16-12-24)28-20-40-34(42-28)30-8-6-18-44(30)35(46)32(22(2)3)48-36(37)47/h9-16,19-20,22,29-30,32,38H,4-8,17-18,21H2,1-3H3,(H2,37,47)(H,39,41)(H,40,42)/t29-,30-,32?/m0/s1. The Labute approximate surface area is 280 Å². The molecule has 2 aliphatic rings. The third kappa shape index (κ3) is 6.98. The van der Waals surface area contributed by atoms with Crippen LogP contribution in [0.25, 0.3) is 33.6 Å². The number of likely N-dealkylation sites (tertiary alicyclic amines) is 2. The third-order valence-corrected chi connectivity index (χ3v) is 9.27. The van der Waals surface area contributed by atoms with Crippen LogP contribution >= 0.6 is 0 Å². The van der Waals surface area contributed by atoms with Gasteiger partial charge in [-0.25, -0.2) is 14.8 Å². The average molecular weight is 653 g/mol. The van der Waals surface area contributed by atoms with Crippen molar-refractivity contribution in [2.45, 2.75) is 64.6 Å². The number of primary amides is 1. The van der Waals surface area contributed by atoms with Gasteiger partial charge < -0.3 is 35.6 Å². The molecule has 0 aliphatic carbocycles. The minimum absolute atomic E-state index is 0.0200. The highest BCUT2D eigenvalue weighted by Gasteiger charge is 2.38. The Morgan fingerprint density at radius 2 is 1.31 bits per heavy atom. The van der Waals surface area contributed by atoms with Crippen LogP contribution in [0.1, 0.15) is 70.2 Å². The summed E-state index contributed by atoms with van der Waals surface area (Å²) in [4.78, 5) is 57.2. The van der Waals surface area contributed by atoms with Gasteiger partial charge in [0, 0.05) is 13.1 Å². The van der Waals surface area contributed by atoms with Crippen LogP contribution in [0.3, 0.4) is 0 Å². The van der Waals surface area contributed by atoms with E-state index in [4.69, 9.17) is 10.5 Å². The summed E-state index contributed by atoms with van der Waals surface area (Å²) in [7, 11) is 0. The lowest BCUT2D eigenvalue weighted by atomic mass is 10.0. The molecule has 3 amide bonds. The molecule has 1 unspecified atom stereocenters. The minimum atomic E-state index is -0.953. The van der Waals surface area contributed by atoms with Gasteiger partial charge in [0.15, 0.2) is 6.10 Å². The van der Waals surface area contributed by atoms with Gasteiger partial charge in [-0.3, -0.25) is 9.59 Å². The molecule has 0 radical (unpaired) electrons. The van der Waals surface area contributed by atoms with E-state index in [0.717, 1.165) is 78.2 Å². The maximum absolute atomic E-state index is 13.3. The van der Waals surface area contributed by atoms with Gasteiger partial charge in [0.05, 0.1) is 42.4 Å². The maximum atomic E-state index is 13.3. The molecule has 2 saturated heterocycles. The van der Waals surface area contributed by atoms with Crippen LogP contribution in [0, 0.1) is 5.92 Å². The number of amides is 3. The molecular formula is C36H44N8O4. The van der Waals surface area contributed by atoms with Crippen LogP contribution in [0.4, 0.5) is 4.79 Å². The van der Waals surface area contributed by atoms with E-state index < -0.39 is 12.2 Å². The number of hydrogen-bond acceptors (Lipinski definition) is 7. The SMILES string of the molecule is CCNCC(=O)N1CCC[C@H]1c1ncc(-c2ccc(-c3ccc(-c4cnc([C@@H]5CCCN5C(=O)C(OC(N)=O)C(C)C)[nH]4)cc3)cc2)[nH]1. The summed E-state index contributed by atoms with van der Waals surface area (Å²) in [5.41, 5.74) is 11.2. The molecular weight excluding hydrogens is 608 g/mol. The highest BCUT2D eigenvalue weighted by molar-refractivity contribution is 5.84. The number of ether oxygens (including phenoxy) is 1. The van der Waals surface area contributed by atoms with Gasteiger partial charge in [-0.2, -0.15) is 0 Å². The van der Waals surface area contributed by atoms with Gasteiger partial charge in [0.25, 0.3) is 5.91 Å². The summed E-state index contributed by atoms with van der Waals surface area (Å²) < 4.78 is 5.16. The van der Waals surface area contributed by atoms with Crippen molar-refractivity contribution in [3.63, 3.8) is 0 Å². The molecule has 0 bridgehead atoms. The zero-order valence-electron chi connectivity index (χ0n) is 27.7. The van der Waals surface area contributed by atoms with E-state index in [1.165, 1.54) is 0 Å². The first-order valence-corrected chi connectivity index (χ1v) is 16.8. The smallest absolute Gasteiger partial charge is 0.405 e. The zero-order valence-corrected chi connectivity index (χ0v) is 27.7. The van der Waals surface area contributed by atoms with Crippen molar-refractivity contribution in [3.05, 3.63) is 72.6 Å². The van der Waals surface area contributed by atoms with Gasteiger partial charge in [-0.05, 0) is 60.4 Å². The number of nitrogens with one attached hydrogen (secondary N) is 3. The molecule has 252 valence electrons. The summed E-state index contributed by atoms with van der Waals surface area (Å²) in [6, 6.07) is 16.4. The molecule has 0 spiro atoms. The molecule has 0 saturated carbocycles. The van der Waals surface area contributed by atoms with E-state index in [1.54, 1.807) is 11.1 Å². The fraction of sp³-hybridized carbons (Fsp3) is 0.417. The summed E-state index contributed by atoms with van der Waals surface area (Å²) in [6.07, 6.45) is 5.25. The Kier molecular flexibility index (Phi) is 9.90. The first-order chi connectivity index (χ1) is 23.2. The van der Waals surface area contributed by atoms with Gasteiger partial charge >= 0.3 is 6.09 Å². The maximum Gasteiger partial charge on any atom is 0.405 e. The van der Waals surface area contributed by atoms with Gasteiger partial charge in [0.1, 0.15) is 11.6 Å². The van der Waals surface area contributed by atoms with E-state index in [1.807, 2.05) is 31.9 Å². The summed E-state index contributed by atoms with van der Waals surface area (Å²) >= 11 is 0. The summed E-state index contributed by atoms with van der Waals surface area (Å²) in [5.74, 6) is 1.20. The number of nitrogens with two attached hydrogens (primary N) is 1. The lowest BCUT2D eigenvalue weighted by Crippen LogP contribution is -2.44. The fourth-order valence-corrected chi connectivity index (χ4v) is 6.75. The molecule has 12 nitrogen and oxygen atoms in total. The largest absolute Gasteiger partial charge is 0.436 e. The second-order valence-corrected chi connectivity index (χ2v) is 12.8. The molecule has 5 N–H and O–H groups in total. The van der Waals surface area contributed by atoms with Crippen LogP contribution in [-0.4, -0.2) is 79.9 Å². The van der Waals surface area contributed by atoms with E-state index >= 15 is 0 Å². The Morgan fingerprint density at radius 1 is 0.833 bits per heavy atom. The number of aromatic nitrogens is 4. The first kappa shape index (κ1) is 33.0. The topological polar surface area (TPSA) is 162 Å². The second kappa shape index (κ2) is 14.4. The van der Waals surface area contributed by atoms with E-state index in [0.29, 0.717) is 18.9 Å². The molecule has 12 heteroatoms. The molecule has 3 atom stereocenters. The third-order valence-electron chi connectivity index (χ3n) is 9.27. The number of benzene rings is 2. The van der Waals surface area contributed by atoms with E-state index in [2.05, 4.69) is 73.8 Å². The number of likely N-dealkylation sites (N-methyl/N-ethyl adjacent to an activating group) is 1. The molecule has 2 aromatic heterocycles. The predicted molar refractivity (Wildman–Crippen MR) is 182 cm³/mol. The van der Waals surface area contributed by atoms with Crippen molar-refractivity contribution < 1.29 is 19.1 Å². The quantitative estimate of drug-likeness (QED) is 0.173. The first-order valence-electron chi connectivity index (χ1n) is 16.8. The molecule has 2 aromatic carbocycles. The van der Waals surface area contributed by atoms with Gasteiger partial charge in [-0.15, -0.1) is 0 Å². The second-order valence-electron chi connectivity index (χ2n) is 12.8. The summed E-state index contributed by atoms with van der Waals surface area (Å²) in [6.45, 7) is 8.10. The number of imidazole rings is 2. The number of hydrogen-bond donors (Lipinski definition) is 4. The summed E-state index contributed by atoms with van der Waals surface area (Å²) in [5, 5.41) is 3.13. The highest BCUT2D eigenvalue weighted by atomic mass is 16.6. The molecule has 48 heavy (non-hydrogen) atoms. The fourth-order valence-electron chi connectivity index (χ4n) is 6.75. The molecule has 2 aliphatic heterocycles. The lowest BCUT2D eigenvalue weighted by molar-refractivity contribution is -0.143. The van der Waals surface area contributed by atoms with E-state index in [9.17, 15) is 14.4 Å². The van der Waals surface area contributed by atoms with Gasteiger partial charge in [0.2, 0.25) is 5.91 Å². The Balaban J connectivity index is 1.11. The number of carbonyl (C=O) groups excluding carboxylic acids is 3. The highest BCUT2D eigenvalue weighted by Crippen LogP contribution is 2.34. The Morgan fingerprint density at radius 3 is 1.79 bits per heavy atom. The van der Waals surface area contributed by atoms with Gasteiger partial charge in [-0.1, -0.05) is 69.3 Å². The normalized spacial score (nSPS) is 18.4. The minimum Gasteiger partial charge on any atom is -0.436 e. The number of nitrogens with zero attached hydrogens (tertiary/aromatic N) is 4. The van der Waals surface area contributed by atoms with Crippen LogP contribution in [0.5, 0.6) is 0 Å². The van der Waals surface area contributed by atoms with Crippen molar-refractivity contribution in [2.24, 2.45) is 11.7 Å². The van der Waals surface area contributed by atoms with Crippen LogP contribution < -0.4 is 11.1 Å². The molecule has 2 fully saturated rings. The van der Waals surface area contributed by atoms with Crippen molar-refractivity contribution in [2.75, 3.05) is 26.2 Å². The van der Waals surface area contributed by atoms with Crippen molar-refractivity contribution >= 4 is 17.9 Å². The number of aromatic amines is 2. The molecule has 4 heterocycles. The van der Waals surface area contributed by atoms with Crippen LogP contribution in [-0.2, 0) is 14.3 Å². The van der Waals surface area contributed by atoms with Crippen molar-refractivity contribution in [1.29, 1.82) is 0 Å². The molecule has 6 rings (SSSR count). The molecule has 4 aromatic rings. The Bertz CT molecular complexity index is 1730. The van der Waals surface area contributed by atoms with E-state index in [-0.39, 0.29) is 29.8 Å². The number of rotatable bonds is 11. The van der Waals surface area contributed by atoms with Crippen molar-refractivity contribution in [3.8, 4) is 33.6 Å². The van der Waals surface area contributed by atoms with Crippen molar-refractivity contribution in [1.82, 2.24) is 35.1 Å². The number of carbonyl (C=O) groups is 3. The number of H-pyrrole nitrogens is 2. The zero-order chi connectivity index (χ0) is 33.8. The monoisotopic (exact) mass is 652 g/mol. The van der Waals surface area contributed by atoms with Crippen LogP contribution in [0.15, 0.2) is 60.9 Å². The lowest BCUT2D eigenvalue weighted by Gasteiger charge is -2.29. The predicted octanol–water partition coefficient (Wildman–Crippen LogP) is 5.19. The van der Waals surface area contributed by atoms with Crippen LogP contribution in [0.2, 0.25) is 0 Å².